The molecule has 1 aromatic heterocycles. The molecule has 1 saturated heterocycles. The highest BCUT2D eigenvalue weighted by Crippen LogP contribution is 2.39. The summed E-state index contributed by atoms with van der Waals surface area (Å²) in [6, 6.07) is 13.5. The standard InChI is InChI=1S/C23H21ClN2O3/c1-14-18(12-16-11-17(24)5-6-19(16)25-14)23(27)26-8-2-3-20(26)15-4-7-21-22(13-15)29-10-9-28-21/h4-7,11-13,20H,2-3,8-10H2,1H3/t20-/m1/s1. The van der Waals surface area contributed by atoms with Gasteiger partial charge in [-0.25, -0.2) is 0 Å². The van der Waals surface area contributed by atoms with Crippen molar-refractivity contribution in [2.45, 2.75) is 25.8 Å². The summed E-state index contributed by atoms with van der Waals surface area (Å²) in [4.78, 5) is 20.0. The van der Waals surface area contributed by atoms with Gasteiger partial charge in [0.2, 0.25) is 0 Å². The van der Waals surface area contributed by atoms with Crippen molar-refractivity contribution in [3.8, 4) is 11.5 Å². The quantitative estimate of drug-likeness (QED) is 0.602. The molecular weight excluding hydrogens is 388 g/mol. The van der Waals surface area contributed by atoms with Crippen molar-refractivity contribution >= 4 is 28.4 Å². The third kappa shape index (κ3) is 3.29. The summed E-state index contributed by atoms with van der Waals surface area (Å²) in [6.45, 7) is 3.73. The largest absolute Gasteiger partial charge is 0.486 e. The molecule has 1 fully saturated rings. The van der Waals surface area contributed by atoms with Crippen molar-refractivity contribution in [2.75, 3.05) is 19.8 Å². The summed E-state index contributed by atoms with van der Waals surface area (Å²) in [5.41, 5.74) is 3.28. The number of hydrogen-bond donors (Lipinski definition) is 0. The highest BCUT2D eigenvalue weighted by molar-refractivity contribution is 6.31. The molecule has 3 heterocycles. The Morgan fingerprint density at radius 1 is 1.10 bits per heavy atom. The van der Waals surface area contributed by atoms with Crippen LogP contribution in [0.15, 0.2) is 42.5 Å². The number of ether oxygens (including phenoxy) is 2. The number of rotatable bonds is 2. The second-order valence-corrected chi connectivity index (χ2v) is 7.95. The fourth-order valence-corrected chi connectivity index (χ4v) is 4.42. The van der Waals surface area contributed by atoms with Gasteiger partial charge in [-0.1, -0.05) is 17.7 Å². The Morgan fingerprint density at radius 2 is 1.93 bits per heavy atom. The molecule has 1 atom stereocenters. The van der Waals surface area contributed by atoms with E-state index in [1.54, 1.807) is 0 Å². The average Bonchev–Trinajstić information content (AvgIpc) is 3.22. The predicted octanol–water partition coefficient (Wildman–Crippen LogP) is 4.95. The average molecular weight is 409 g/mol. The van der Waals surface area contributed by atoms with Crippen molar-refractivity contribution in [1.29, 1.82) is 0 Å². The Hall–Kier alpha value is -2.79. The number of fused-ring (bicyclic) bond motifs is 2. The van der Waals surface area contributed by atoms with Gasteiger partial charge in [0.25, 0.3) is 5.91 Å². The zero-order valence-corrected chi connectivity index (χ0v) is 16.9. The number of benzene rings is 2. The zero-order chi connectivity index (χ0) is 20.0. The Kier molecular flexibility index (Phi) is 4.55. The summed E-state index contributed by atoms with van der Waals surface area (Å²) >= 11 is 6.13. The minimum Gasteiger partial charge on any atom is -0.486 e. The van der Waals surface area contributed by atoms with Gasteiger partial charge in [0.1, 0.15) is 13.2 Å². The van der Waals surface area contributed by atoms with Gasteiger partial charge < -0.3 is 14.4 Å². The molecule has 0 unspecified atom stereocenters. The minimum atomic E-state index is 0.00858. The maximum absolute atomic E-state index is 13.5. The number of aromatic nitrogens is 1. The molecule has 5 rings (SSSR count). The highest BCUT2D eigenvalue weighted by atomic mass is 35.5. The number of halogens is 1. The Morgan fingerprint density at radius 3 is 2.79 bits per heavy atom. The molecule has 3 aromatic rings. The smallest absolute Gasteiger partial charge is 0.256 e. The minimum absolute atomic E-state index is 0.00858. The second-order valence-electron chi connectivity index (χ2n) is 7.52. The first-order chi connectivity index (χ1) is 14.1. The summed E-state index contributed by atoms with van der Waals surface area (Å²) in [6.07, 6.45) is 1.90. The van der Waals surface area contributed by atoms with E-state index in [1.807, 2.05) is 54.3 Å². The molecular formula is C23H21ClN2O3. The van der Waals surface area contributed by atoms with Crippen LogP contribution in [0, 0.1) is 6.92 Å². The number of hydrogen-bond acceptors (Lipinski definition) is 4. The molecule has 0 N–H and O–H groups in total. The summed E-state index contributed by atoms with van der Waals surface area (Å²) in [5.74, 6) is 1.53. The molecule has 0 radical (unpaired) electrons. The van der Waals surface area contributed by atoms with Crippen molar-refractivity contribution in [1.82, 2.24) is 9.88 Å². The van der Waals surface area contributed by atoms with Crippen LogP contribution >= 0.6 is 11.6 Å². The molecule has 2 aliphatic heterocycles. The van der Waals surface area contributed by atoms with Gasteiger partial charge in [-0.3, -0.25) is 9.78 Å². The Bertz CT molecular complexity index is 1110. The Balaban J connectivity index is 1.49. The van der Waals surface area contributed by atoms with Crippen LogP contribution in [0.3, 0.4) is 0 Å². The van der Waals surface area contributed by atoms with E-state index in [1.165, 1.54) is 0 Å². The molecule has 0 spiro atoms. The maximum atomic E-state index is 13.5. The number of likely N-dealkylation sites (tertiary alicyclic amines) is 1. The van der Waals surface area contributed by atoms with E-state index < -0.39 is 0 Å². The van der Waals surface area contributed by atoms with Gasteiger partial charge in [-0.05, 0) is 61.7 Å². The number of nitrogens with zero attached hydrogens (tertiary/aromatic N) is 2. The molecule has 0 aliphatic carbocycles. The number of carbonyl (C=O) groups excluding carboxylic acids is 1. The van der Waals surface area contributed by atoms with Crippen LogP contribution in [-0.2, 0) is 0 Å². The van der Waals surface area contributed by atoms with Crippen molar-refractivity contribution < 1.29 is 14.3 Å². The van der Waals surface area contributed by atoms with Gasteiger partial charge in [-0.2, -0.15) is 0 Å². The second kappa shape index (κ2) is 7.23. The van der Waals surface area contributed by atoms with Gasteiger partial charge in [0.15, 0.2) is 11.5 Å². The summed E-state index contributed by atoms with van der Waals surface area (Å²) in [5, 5.41) is 1.51. The van der Waals surface area contributed by atoms with Crippen LogP contribution in [-0.4, -0.2) is 35.5 Å². The molecule has 29 heavy (non-hydrogen) atoms. The van der Waals surface area contributed by atoms with Crippen LogP contribution in [0.25, 0.3) is 10.9 Å². The van der Waals surface area contributed by atoms with Crippen molar-refractivity contribution in [2.24, 2.45) is 0 Å². The van der Waals surface area contributed by atoms with Crippen LogP contribution in [0.5, 0.6) is 11.5 Å². The SMILES string of the molecule is Cc1nc2ccc(Cl)cc2cc1C(=O)N1CCC[C@@H]1c1ccc2c(c1)OCCO2. The lowest BCUT2D eigenvalue weighted by Crippen LogP contribution is -2.31. The third-order valence-corrected chi connectivity index (χ3v) is 5.90. The van der Waals surface area contributed by atoms with Gasteiger partial charge in [-0.15, -0.1) is 0 Å². The Labute approximate surface area is 174 Å². The zero-order valence-electron chi connectivity index (χ0n) is 16.2. The highest BCUT2D eigenvalue weighted by Gasteiger charge is 2.32. The van der Waals surface area contributed by atoms with E-state index in [4.69, 9.17) is 21.1 Å². The molecule has 2 aromatic carbocycles. The molecule has 2 aliphatic rings. The van der Waals surface area contributed by atoms with Crippen molar-refractivity contribution in [3.63, 3.8) is 0 Å². The van der Waals surface area contributed by atoms with E-state index in [2.05, 4.69) is 4.98 Å². The molecule has 0 bridgehead atoms. The van der Waals surface area contributed by atoms with Crippen LogP contribution < -0.4 is 9.47 Å². The number of pyridine rings is 1. The van der Waals surface area contributed by atoms with Crippen LogP contribution in [0.1, 0.15) is 40.5 Å². The fourth-order valence-electron chi connectivity index (χ4n) is 4.24. The van der Waals surface area contributed by atoms with E-state index in [0.29, 0.717) is 23.8 Å². The van der Waals surface area contributed by atoms with Crippen LogP contribution in [0.2, 0.25) is 5.02 Å². The first kappa shape index (κ1) is 18.3. The molecule has 0 saturated carbocycles. The fraction of sp³-hybridized carbons (Fsp3) is 0.304. The number of amides is 1. The lowest BCUT2D eigenvalue weighted by molar-refractivity contribution is 0.0734. The summed E-state index contributed by atoms with van der Waals surface area (Å²) in [7, 11) is 0. The van der Waals surface area contributed by atoms with E-state index in [9.17, 15) is 4.79 Å². The monoisotopic (exact) mass is 408 g/mol. The van der Waals surface area contributed by atoms with E-state index >= 15 is 0 Å². The number of aryl methyl sites for hydroxylation is 1. The van der Waals surface area contributed by atoms with E-state index in [0.717, 1.165) is 53.0 Å². The number of carbonyl (C=O) groups is 1. The normalized spacial score (nSPS) is 18.3. The lowest BCUT2D eigenvalue weighted by atomic mass is 10.0. The molecule has 148 valence electrons. The molecule has 6 heteroatoms. The first-order valence-electron chi connectivity index (χ1n) is 9.87. The van der Waals surface area contributed by atoms with Gasteiger partial charge in [0.05, 0.1) is 22.8 Å². The molecule has 5 nitrogen and oxygen atoms in total. The van der Waals surface area contributed by atoms with E-state index in [-0.39, 0.29) is 11.9 Å². The predicted molar refractivity (Wildman–Crippen MR) is 112 cm³/mol. The first-order valence-corrected chi connectivity index (χ1v) is 10.3. The maximum Gasteiger partial charge on any atom is 0.256 e. The third-order valence-electron chi connectivity index (χ3n) is 5.66. The summed E-state index contributed by atoms with van der Waals surface area (Å²) < 4.78 is 11.4. The van der Waals surface area contributed by atoms with Crippen molar-refractivity contribution in [3.05, 3.63) is 64.3 Å². The topological polar surface area (TPSA) is 51.7 Å². The van der Waals surface area contributed by atoms with Gasteiger partial charge in [0, 0.05) is 17.0 Å². The molecule has 1 amide bonds. The van der Waals surface area contributed by atoms with Gasteiger partial charge >= 0.3 is 0 Å². The van der Waals surface area contributed by atoms with Crippen LogP contribution in [0.4, 0.5) is 0 Å². The lowest BCUT2D eigenvalue weighted by Gasteiger charge is -2.27.